The van der Waals surface area contributed by atoms with E-state index in [0.717, 1.165) is 11.4 Å². The second-order valence-electron chi connectivity index (χ2n) is 4.38. The molecular weight excluding hydrogens is 310 g/mol. The lowest BCUT2D eigenvalue weighted by atomic mass is 10.3. The molecule has 8 heteroatoms. The molecule has 1 amide bonds. The van der Waals surface area contributed by atoms with Crippen LogP contribution in [0.5, 0.6) is 0 Å². The van der Waals surface area contributed by atoms with Crippen molar-refractivity contribution < 1.29 is 4.79 Å². The van der Waals surface area contributed by atoms with Crippen molar-refractivity contribution >= 4 is 34.7 Å². The molecular formula is C13H16ClN5OS. The molecule has 6 nitrogen and oxygen atoms in total. The summed E-state index contributed by atoms with van der Waals surface area (Å²) >= 11 is 7.58. The lowest BCUT2D eigenvalue weighted by Crippen LogP contribution is -2.28. The maximum absolute atomic E-state index is 12.2. The zero-order valence-corrected chi connectivity index (χ0v) is 13.3. The van der Waals surface area contributed by atoms with Gasteiger partial charge < -0.3 is 10.7 Å². The molecule has 2 aromatic heterocycles. The monoisotopic (exact) mass is 325 g/mol. The van der Waals surface area contributed by atoms with E-state index in [2.05, 4.69) is 27.6 Å². The number of anilines is 1. The van der Waals surface area contributed by atoms with Gasteiger partial charge in [-0.2, -0.15) is 0 Å². The highest BCUT2D eigenvalue weighted by Crippen LogP contribution is 2.22. The zero-order chi connectivity index (χ0) is 15.4. The van der Waals surface area contributed by atoms with Gasteiger partial charge in [0.15, 0.2) is 0 Å². The summed E-state index contributed by atoms with van der Waals surface area (Å²) in [6.07, 6.45) is 2.75. The SMILES string of the molecule is CCc1cnc(C(C)NC(=O)c2nc(NN)ccc2Cl)s1. The van der Waals surface area contributed by atoms with Crippen LogP contribution in [-0.2, 0) is 6.42 Å². The maximum Gasteiger partial charge on any atom is 0.272 e. The Kier molecular flexibility index (Phi) is 5.11. The topological polar surface area (TPSA) is 92.9 Å². The second-order valence-corrected chi connectivity index (χ2v) is 5.94. The highest BCUT2D eigenvalue weighted by molar-refractivity contribution is 7.11. The number of aromatic nitrogens is 2. The molecule has 0 radical (unpaired) electrons. The van der Waals surface area contributed by atoms with Gasteiger partial charge in [0.05, 0.1) is 11.1 Å². The highest BCUT2D eigenvalue weighted by atomic mass is 35.5. The lowest BCUT2D eigenvalue weighted by molar-refractivity contribution is 0.0935. The number of rotatable bonds is 5. The standard InChI is InChI=1S/C13H16ClN5OS/c1-3-8-6-16-13(21-8)7(2)17-12(20)11-9(14)4-5-10(18-11)19-15/h4-7H,3,15H2,1-2H3,(H,17,20)(H,18,19). The van der Waals surface area contributed by atoms with E-state index < -0.39 is 0 Å². The third-order valence-electron chi connectivity index (χ3n) is 2.85. The fourth-order valence-electron chi connectivity index (χ4n) is 1.69. The summed E-state index contributed by atoms with van der Waals surface area (Å²) in [4.78, 5) is 21.8. The average molecular weight is 326 g/mol. The molecule has 0 aliphatic rings. The maximum atomic E-state index is 12.2. The van der Waals surface area contributed by atoms with Crippen molar-refractivity contribution in [2.75, 3.05) is 5.43 Å². The van der Waals surface area contributed by atoms with Crippen LogP contribution in [0.15, 0.2) is 18.3 Å². The Morgan fingerprint density at radius 2 is 2.29 bits per heavy atom. The normalized spacial score (nSPS) is 12.0. The molecule has 0 fully saturated rings. The molecule has 0 bridgehead atoms. The first kappa shape index (κ1) is 15.7. The van der Waals surface area contributed by atoms with Crippen LogP contribution in [0.2, 0.25) is 5.02 Å². The van der Waals surface area contributed by atoms with Crippen LogP contribution in [0.4, 0.5) is 5.82 Å². The van der Waals surface area contributed by atoms with Crippen molar-refractivity contribution in [2.24, 2.45) is 5.84 Å². The Morgan fingerprint density at radius 3 is 2.90 bits per heavy atom. The van der Waals surface area contributed by atoms with Gasteiger partial charge in [0, 0.05) is 11.1 Å². The fourth-order valence-corrected chi connectivity index (χ4v) is 2.75. The molecule has 0 aliphatic heterocycles. The van der Waals surface area contributed by atoms with E-state index in [4.69, 9.17) is 17.4 Å². The van der Waals surface area contributed by atoms with Crippen molar-refractivity contribution in [2.45, 2.75) is 26.3 Å². The van der Waals surface area contributed by atoms with Gasteiger partial charge in [-0.15, -0.1) is 11.3 Å². The second kappa shape index (κ2) is 6.84. The van der Waals surface area contributed by atoms with Crippen LogP contribution in [0.25, 0.3) is 0 Å². The molecule has 2 heterocycles. The van der Waals surface area contributed by atoms with E-state index in [1.165, 1.54) is 4.88 Å². The Morgan fingerprint density at radius 1 is 1.52 bits per heavy atom. The van der Waals surface area contributed by atoms with E-state index in [1.807, 2.05) is 13.1 Å². The fraction of sp³-hybridized carbons (Fsp3) is 0.308. The summed E-state index contributed by atoms with van der Waals surface area (Å²) in [6.45, 7) is 3.94. The van der Waals surface area contributed by atoms with Crippen molar-refractivity contribution in [1.82, 2.24) is 15.3 Å². The number of aryl methyl sites for hydroxylation is 1. The number of hydrogen-bond donors (Lipinski definition) is 3. The largest absolute Gasteiger partial charge is 0.342 e. The number of hydrogen-bond acceptors (Lipinski definition) is 6. The van der Waals surface area contributed by atoms with Gasteiger partial charge in [-0.1, -0.05) is 18.5 Å². The van der Waals surface area contributed by atoms with Gasteiger partial charge in [0.2, 0.25) is 0 Å². The molecule has 0 aliphatic carbocycles. The number of nitrogen functional groups attached to an aromatic ring is 1. The van der Waals surface area contributed by atoms with Crippen molar-refractivity contribution in [3.8, 4) is 0 Å². The van der Waals surface area contributed by atoms with Crippen molar-refractivity contribution in [3.63, 3.8) is 0 Å². The highest BCUT2D eigenvalue weighted by Gasteiger charge is 2.18. The average Bonchev–Trinajstić information content (AvgIpc) is 2.96. The number of hydrazine groups is 1. The first-order valence-corrected chi connectivity index (χ1v) is 7.63. The molecule has 21 heavy (non-hydrogen) atoms. The molecule has 1 unspecified atom stereocenters. The number of carbonyl (C=O) groups excluding carboxylic acids is 1. The van der Waals surface area contributed by atoms with Gasteiger partial charge in [-0.05, 0) is 25.5 Å². The summed E-state index contributed by atoms with van der Waals surface area (Å²) < 4.78 is 0. The van der Waals surface area contributed by atoms with Gasteiger partial charge in [-0.25, -0.2) is 15.8 Å². The van der Waals surface area contributed by atoms with Crippen LogP contribution in [0.3, 0.4) is 0 Å². The Bertz CT molecular complexity index is 645. The third-order valence-corrected chi connectivity index (χ3v) is 4.48. The number of thiazole rings is 1. The predicted molar refractivity (Wildman–Crippen MR) is 84.4 cm³/mol. The zero-order valence-electron chi connectivity index (χ0n) is 11.7. The molecule has 0 aromatic carbocycles. The van der Waals surface area contributed by atoms with Crippen molar-refractivity contribution in [3.05, 3.63) is 38.9 Å². The quantitative estimate of drug-likeness (QED) is 0.580. The molecule has 2 aromatic rings. The molecule has 0 saturated heterocycles. The number of carbonyl (C=O) groups is 1. The Labute approximate surface area is 131 Å². The van der Waals surface area contributed by atoms with Gasteiger partial charge in [0.25, 0.3) is 5.91 Å². The number of nitrogens with one attached hydrogen (secondary N) is 2. The minimum absolute atomic E-state index is 0.131. The van der Waals surface area contributed by atoms with E-state index >= 15 is 0 Å². The molecule has 2 rings (SSSR count). The summed E-state index contributed by atoms with van der Waals surface area (Å²) in [5.74, 6) is 5.30. The van der Waals surface area contributed by atoms with E-state index in [-0.39, 0.29) is 22.7 Å². The summed E-state index contributed by atoms with van der Waals surface area (Å²) in [6, 6.07) is 2.95. The minimum atomic E-state index is -0.363. The van der Waals surface area contributed by atoms with Gasteiger partial charge >= 0.3 is 0 Å². The number of pyridine rings is 1. The number of nitrogens with zero attached hydrogens (tertiary/aromatic N) is 2. The first-order valence-electron chi connectivity index (χ1n) is 6.43. The number of nitrogens with two attached hydrogens (primary N) is 1. The predicted octanol–water partition coefficient (Wildman–Crippen LogP) is 2.53. The Hall–Kier alpha value is -1.70. The van der Waals surface area contributed by atoms with Crippen LogP contribution in [-0.4, -0.2) is 15.9 Å². The third kappa shape index (κ3) is 3.69. The molecule has 1 atom stereocenters. The lowest BCUT2D eigenvalue weighted by Gasteiger charge is -2.12. The van der Waals surface area contributed by atoms with E-state index in [1.54, 1.807) is 23.5 Å². The van der Waals surface area contributed by atoms with Crippen LogP contribution >= 0.6 is 22.9 Å². The van der Waals surface area contributed by atoms with Gasteiger partial charge in [0.1, 0.15) is 16.5 Å². The number of amides is 1. The minimum Gasteiger partial charge on any atom is -0.342 e. The molecule has 112 valence electrons. The van der Waals surface area contributed by atoms with Crippen molar-refractivity contribution in [1.29, 1.82) is 0 Å². The van der Waals surface area contributed by atoms with Crippen LogP contribution in [0.1, 0.15) is 40.3 Å². The summed E-state index contributed by atoms with van der Waals surface area (Å²) in [5, 5.41) is 3.96. The van der Waals surface area contributed by atoms with Gasteiger partial charge in [-0.3, -0.25) is 4.79 Å². The number of halogens is 1. The summed E-state index contributed by atoms with van der Waals surface area (Å²) in [5.41, 5.74) is 2.52. The van der Waals surface area contributed by atoms with Crippen LogP contribution < -0.4 is 16.6 Å². The van der Waals surface area contributed by atoms with E-state index in [9.17, 15) is 4.79 Å². The summed E-state index contributed by atoms with van der Waals surface area (Å²) in [7, 11) is 0. The van der Waals surface area contributed by atoms with E-state index in [0.29, 0.717) is 5.82 Å². The molecule has 4 N–H and O–H groups in total. The van der Waals surface area contributed by atoms with Crippen LogP contribution in [0, 0.1) is 0 Å². The smallest absolute Gasteiger partial charge is 0.272 e. The molecule has 0 spiro atoms. The molecule has 0 saturated carbocycles. The first-order chi connectivity index (χ1) is 10.0. The Balaban J connectivity index is 2.13.